The maximum Gasteiger partial charge on any atom is 0.208 e. The molecule has 0 saturated heterocycles. The minimum atomic E-state index is -0.284. The number of ether oxygens (including phenoxy) is 1. The fraction of sp³-hybridized carbons (Fsp3) is 0.304. The highest BCUT2D eigenvalue weighted by atomic mass is 19.1. The summed E-state index contributed by atoms with van der Waals surface area (Å²) in [6, 6.07) is 5.18. The van der Waals surface area contributed by atoms with Gasteiger partial charge in [0.25, 0.3) is 0 Å². The van der Waals surface area contributed by atoms with Gasteiger partial charge in [0.05, 0.1) is 25.5 Å². The highest BCUT2D eigenvalue weighted by molar-refractivity contribution is 5.77. The summed E-state index contributed by atoms with van der Waals surface area (Å²) in [4.78, 5) is 11.1. The molecule has 10 heteroatoms. The normalized spacial score (nSPS) is 12.7. The Morgan fingerprint density at radius 1 is 1.27 bits per heavy atom. The molecule has 33 heavy (non-hydrogen) atoms. The first-order chi connectivity index (χ1) is 16.0. The van der Waals surface area contributed by atoms with Gasteiger partial charge in [-0.15, -0.1) is 0 Å². The van der Waals surface area contributed by atoms with E-state index in [9.17, 15) is 9.65 Å². The molecule has 0 atom stereocenters. The lowest BCUT2D eigenvalue weighted by atomic mass is 10.0. The summed E-state index contributed by atoms with van der Waals surface area (Å²) in [6.07, 6.45) is 7.71. The van der Waals surface area contributed by atoms with Crippen LogP contribution >= 0.6 is 0 Å². The third-order valence-corrected chi connectivity index (χ3v) is 5.69. The minimum Gasteiger partial charge on any atom is -0.493 e. The van der Waals surface area contributed by atoms with E-state index in [-0.39, 0.29) is 18.1 Å². The first kappa shape index (κ1) is 20.9. The van der Waals surface area contributed by atoms with Crippen molar-refractivity contribution in [1.29, 1.82) is 5.26 Å². The first-order valence-corrected chi connectivity index (χ1v) is 10.7. The fourth-order valence-corrected chi connectivity index (χ4v) is 3.97. The number of hydrogen-bond acceptors (Lipinski definition) is 7. The maximum atomic E-state index is 14.5. The number of rotatable bonds is 7. The van der Waals surface area contributed by atoms with Gasteiger partial charge in [-0.2, -0.15) is 10.4 Å². The molecule has 0 saturated carbocycles. The van der Waals surface area contributed by atoms with E-state index in [1.54, 1.807) is 29.1 Å². The molecule has 1 aromatic carbocycles. The van der Waals surface area contributed by atoms with E-state index >= 15 is 0 Å². The lowest BCUT2D eigenvalue weighted by Gasteiger charge is -2.12. The summed E-state index contributed by atoms with van der Waals surface area (Å²) >= 11 is 0. The van der Waals surface area contributed by atoms with Crippen LogP contribution in [0, 0.1) is 17.1 Å². The van der Waals surface area contributed by atoms with Crippen molar-refractivity contribution in [1.82, 2.24) is 29.0 Å². The second-order valence-corrected chi connectivity index (χ2v) is 8.18. The van der Waals surface area contributed by atoms with Crippen LogP contribution in [-0.2, 0) is 19.5 Å². The van der Waals surface area contributed by atoms with Gasteiger partial charge in [0.1, 0.15) is 17.6 Å². The molecule has 3 aromatic heterocycles. The molecule has 4 heterocycles. The molecule has 0 fully saturated rings. The minimum absolute atomic E-state index is 0.238. The molecule has 1 N–H and O–H groups in total. The smallest absolute Gasteiger partial charge is 0.208 e. The molecule has 168 valence electrons. The second-order valence-electron chi connectivity index (χ2n) is 8.18. The molecule has 1 aliphatic rings. The van der Waals surface area contributed by atoms with Crippen LogP contribution in [0.3, 0.4) is 0 Å². The number of anilines is 1. The van der Waals surface area contributed by atoms with E-state index in [4.69, 9.17) is 4.74 Å². The average molecular weight is 446 g/mol. The predicted molar refractivity (Wildman–Crippen MR) is 120 cm³/mol. The Hall–Kier alpha value is -3.97. The summed E-state index contributed by atoms with van der Waals surface area (Å²) < 4.78 is 23.7. The number of fused-ring (bicyclic) bond motifs is 2. The highest BCUT2D eigenvalue weighted by Crippen LogP contribution is 2.31. The van der Waals surface area contributed by atoms with Crippen molar-refractivity contribution in [2.24, 2.45) is 0 Å². The predicted octanol–water partition coefficient (Wildman–Crippen LogP) is 2.71. The zero-order valence-corrected chi connectivity index (χ0v) is 18.4. The van der Waals surface area contributed by atoms with E-state index in [2.05, 4.69) is 31.4 Å². The fourth-order valence-electron chi connectivity index (χ4n) is 3.97. The Labute approximate surface area is 190 Å². The number of halogens is 1. The van der Waals surface area contributed by atoms with E-state index in [0.717, 1.165) is 35.5 Å². The molecule has 0 radical (unpaired) electrons. The van der Waals surface area contributed by atoms with Crippen LogP contribution < -0.4 is 10.1 Å². The molecule has 0 aliphatic carbocycles. The molecular formula is C23H23FN8O. The van der Waals surface area contributed by atoms with Crippen molar-refractivity contribution in [2.75, 3.05) is 32.6 Å². The number of hydrogen-bond donors (Lipinski definition) is 1. The lowest BCUT2D eigenvalue weighted by Crippen LogP contribution is -2.18. The van der Waals surface area contributed by atoms with Gasteiger partial charge in [-0.1, -0.05) is 0 Å². The van der Waals surface area contributed by atoms with Crippen LogP contribution in [0.15, 0.2) is 36.9 Å². The van der Waals surface area contributed by atoms with Gasteiger partial charge in [0, 0.05) is 54.2 Å². The number of likely N-dealkylation sites (N-methyl/N-ethyl adjacent to an activating group) is 1. The van der Waals surface area contributed by atoms with Gasteiger partial charge >= 0.3 is 0 Å². The Bertz CT molecular complexity index is 1370. The number of nitriles is 1. The van der Waals surface area contributed by atoms with Gasteiger partial charge in [-0.05, 0) is 26.2 Å². The lowest BCUT2D eigenvalue weighted by molar-refractivity contribution is 0.356. The third-order valence-electron chi connectivity index (χ3n) is 5.69. The zero-order valence-electron chi connectivity index (χ0n) is 18.4. The summed E-state index contributed by atoms with van der Waals surface area (Å²) in [5.74, 6) is 0.911. The maximum absolute atomic E-state index is 14.5. The van der Waals surface area contributed by atoms with E-state index in [0.29, 0.717) is 30.2 Å². The van der Waals surface area contributed by atoms with Crippen LogP contribution in [-0.4, -0.2) is 56.3 Å². The van der Waals surface area contributed by atoms with Crippen molar-refractivity contribution in [3.8, 4) is 22.9 Å². The second kappa shape index (κ2) is 8.52. The van der Waals surface area contributed by atoms with E-state index < -0.39 is 0 Å². The Balaban J connectivity index is 1.47. The largest absolute Gasteiger partial charge is 0.493 e. The Morgan fingerprint density at radius 3 is 2.97 bits per heavy atom. The molecule has 0 amide bonds. The van der Waals surface area contributed by atoms with Gasteiger partial charge in [0.15, 0.2) is 11.3 Å². The molecule has 5 rings (SSSR count). The topological polar surface area (TPSA) is 96.3 Å². The summed E-state index contributed by atoms with van der Waals surface area (Å²) in [5, 5.41) is 17.1. The number of nitrogens with one attached hydrogen (secondary N) is 1. The van der Waals surface area contributed by atoms with E-state index in [1.807, 2.05) is 25.0 Å². The molecule has 9 nitrogen and oxygen atoms in total. The van der Waals surface area contributed by atoms with Crippen molar-refractivity contribution in [3.63, 3.8) is 0 Å². The van der Waals surface area contributed by atoms with Crippen molar-refractivity contribution >= 4 is 11.6 Å². The number of nitrogens with zero attached hydrogens (tertiary/aromatic N) is 7. The summed E-state index contributed by atoms with van der Waals surface area (Å²) in [7, 11) is 4.03. The standard InChI is InChI=1S/C23H23FN8O/c1-30(2)6-7-31-13-15(10-28-31)18-11-26-23(32-14-16(9-25)29-22(18)32)27-12-19-17-5-8-33-21(17)4-3-20(19)24/h3-4,10-11,13-14H,5-8,12H2,1-2H3,(H,26,27). The van der Waals surface area contributed by atoms with E-state index in [1.165, 1.54) is 6.07 Å². The molecular weight excluding hydrogens is 423 g/mol. The highest BCUT2D eigenvalue weighted by Gasteiger charge is 2.20. The summed E-state index contributed by atoms with van der Waals surface area (Å²) in [6.45, 7) is 2.41. The van der Waals surface area contributed by atoms with Gasteiger partial charge < -0.3 is 15.0 Å². The van der Waals surface area contributed by atoms with Crippen molar-refractivity contribution in [3.05, 3.63) is 59.6 Å². The van der Waals surface area contributed by atoms with Crippen LogP contribution in [0.4, 0.5) is 10.3 Å². The molecule has 0 bridgehead atoms. The quantitative estimate of drug-likeness (QED) is 0.466. The van der Waals surface area contributed by atoms with Crippen LogP contribution in [0.5, 0.6) is 5.75 Å². The first-order valence-electron chi connectivity index (χ1n) is 10.7. The van der Waals surface area contributed by atoms with Crippen LogP contribution in [0.1, 0.15) is 16.8 Å². The van der Waals surface area contributed by atoms with Crippen LogP contribution in [0.2, 0.25) is 0 Å². The Kier molecular flexibility index (Phi) is 5.40. The van der Waals surface area contributed by atoms with Crippen molar-refractivity contribution in [2.45, 2.75) is 19.5 Å². The zero-order chi connectivity index (χ0) is 22.9. The Morgan fingerprint density at radius 2 is 2.15 bits per heavy atom. The third kappa shape index (κ3) is 3.99. The molecule has 4 aromatic rings. The molecule has 0 spiro atoms. The average Bonchev–Trinajstić information content (AvgIpc) is 3.56. The van der Waals surface area contributed by atoms with Crippen molar-refractivity contribution < 1.29 is 9.13 Å². The van der Waals surface area contributed by atoms with Gasteiger partial charge in [-0.25, -0.2) is 14.4 Å². The SMILES string of the molecule is CN(C)CCn1cc(-c2cnc(NCc3c(F)ccc4c3CCO4)n3cc(C#N)nc23)cn1. The molecule has 1 aliphatic heterocycles. The van der Waals surface area contributed by atoms with Gasteiger partial charge in [0.2, 0.25) is 5.95 Å². The van der Waals surface area contributed by atoms with Gasteiger partial charge in [-0.3, -0.25) is 9.08 Å². The summed E-state index contributed by atoms with van der Waals surface area (Å²) in [5.41, 5.74) is 3.91. The number of benzene rings is 1. The van der Waals surface area contributed by atoms with Crippen LogP contribution in [0.25, 0.3) is 16.8 Å². The number of imidazole rings is 1. The molecule has 0 unspecified atom stereocenters. The monoisotopic (exact) mass is 446 g/mol. The number of aromatic nitrogens is 5.